The summed E-state index contributed by atoms with van der Waals surface area (Å²) in [4.78, 5) is 12.4. The number of aromatic amines is 1. The molecule has 1 aliphatic carbocycles. The first kappa shape index (κ1) is 24.1. The minimum Gasteiger partial charge on any atom is -0.398 e. The molecule has 1 aliphatic rings. The van der Waals surface area contributed by atoms with Crippen molar-refractivity contribution in [2.24, 2.45) is 5.92 Å². The summed E-state index contributed by atoms with van der Waals surface area (Å²) in [5.41, 5.74) is 11.0. The fraction of sp³-hybridized carbons (Fsp3) is 0.435. The van der Waals surface area contributed by atoms with Gasteiger partial charge in [-0.3, -0.25) is 5.32 Å². The number of nitrogens with one attached hydrogen (secondary N) is 4. The lowest BCUT2D eigenvalue weighted by Crippen LogP contribution is -2.41. The standard InChI is InChI=1S/C23H31N7O3S/c1-33-23(26-8-3-9-34(2,31)32)14-4-7-19-17(11-14)20-21(27-13-28-22(20)30-19)29-16-5-6-18(25)15(10-16)12-24/h5-6,10,12-14,23-24,26H,3-4,7-9,11,25H2,1-2H3,(H2,27,28,29,30). The fourth-order valence-corrected chi connectivity index (χ4v) is 5.23. The number of benzene rings is 1. The first-order valence-electron chi connectivity index (χ1n) is 11.2. The third kappa shape index (κ3) is 5.37. The molecule has 0 fully saturated rings. The SMILES string of the molecule is COC(NCCCS(C)(=O)=O)C1CCc2[nH]c3ncnc(Nc4ccc(N)c(C=N)c4)c3c2C1. The quantitative estimate of drug-likeness (QED) is 0.127. The zero-order valence-corrected chi connectivity index (χ0v) is 20.2. The lowest BCUT2D eigenvalue weighted by atomic mass is 9.85. The number of anilines is 3. The van der Waals surface area contributed by atoms with Crippen molar-refractivity contribution in [1.82, 2.24) is 20.3 Å². The molecule has 0 saturated heterocycles. The number of aromatic nitrogens is 3. The molecule has 182 valence electrons. The molecule has 0 spiro atoms. The van der Waals surface area contributed by atoms with Gasteiger partial charge in [-0.15, -0.1) is 0 Å². The van der Waals surface area contributed by atoms with Gasteiger partial charge in [0.2, 0.25) is 0 Å². The second-order valence-electron chi connectivity index (χ2n) is 8.74. The van der Waals surface area contributed by atoms with E-state index in [4.69, 9.17) is 15.9 Å². The van der Waals surface area contributed by atoms with E-state index in [0.717, 1.165) is 47.2 Å². The number of hydrogen-bond donors (Lipinski definition) is 5. The highest BCUT2D eigenvalue weighted by molar-refractivity contribution is 7.90. The van der Waals surface area contributed by atoms with Crippen LogP contribution < -0.4 is 16.4 Å². The second kappa shape index (κ2) is 10.1. The van der Waals surface area contributed by atoms with E-state index in [1.165, 1.54) is 18.8 Å². The van der Waals surface area contributed by atoms with Gasteiger partial charge in [0.15, 0.2) is 0 Å². The second-order valence-corrected chi connectivity index (χ2v) is 11.0. The van der Waals surface area contributed by atoms with E-state index in [1.807, 2.05) is 12.1 Å². The average Bonchev–Trinajstić information content (AvgIpc) is 3.18. The Morgan fingerprint density at radius 2 is 2.21 bits per heavy atom. The van der Waals surface area contributed by atoms with E-state index in [-0.39, 0.29) is 17.9 Å². The normalized spacial score (nSPS) is 16.8. The first-order chi connectivity index (χ1) is 16.3. The van der Waals surface area contributed by atoms with E-state index in [1.54, 1.807) is 13.2 Å². The van der Waals surface area contributed by atoms with Gasteiger partial charge in [0.25, 0.3) is 0 Å². The Hall–Kier alpha value is -3.02. The Labute approximate surface area is 199 Å². The van der Waals surface area contributed by atoms with Crippen molar-refractivity contribution in [1.29, 1.82) is 5.41 Å². The van der Waals surface area contributed by atoms with Gasteiger partial charge in [-0.05, 0) is 56.0 Å². The molecule has 2 heterocycles. The average molecular weight is 486 g/mol. The molecule has 0 amide bonds. The van der Waals surface area contributed by atoms with Gasteiger partial charge in [0.05, 0.1) is 11.1 Å². The maximum atomic E-state index is 11.4. The summed E-state index contributed by atoms with van der Waals surface area (Å²) in [5.74, 6) is 1.08. The van der Waals surface area contributed by atoms with Crippen LogP contribution in [0.5, 0.6) is 0 Å². The number of nitrogens with two attached hydrogens (primary N) is 1. The van der Waals surface area contributed by atoms with Crippen LogP contribution in [0, 0.1) is 11.3 Å². The molecule has 2 atom stereocenters. The van der Waals surface area contributed by atoms with Crippen molar-refractivity contribution in [3.8, 4) is 0 Å². The number of methoxy groups -OCH3 is 1. The number of fused-ring (bicyclic) bond motifs is 3. The Kier molecular flexibility index (Phi) is 7.15. The topological polar surface area (TPSA) is 159 Å². The molecule has 10 nitrogen and oxygen atoms in total. The van der Waals surface area contributed by atoms with Crippen molar-refractivity contribution in [3.63, 3.8) is 0 Å². The fourth-order valence-electron chi connectivity index (χ4n) is 4.56. The number of sulfone groups is 1. The molecule has 2 unspecified atom stereocenters. The number of hydrogen-bond acceptors (Lipinski definition) is 9. The van der Waals surface area contributed by atoms with Gasteiger partial charge in [-0.1, -0.05) is 0 Å². The van der Waals surface area contributed by atoms with Crippen molar-refractivity contribution < 1.29 is 13.2 Å². The molecule has 1 aromatic carbocycles. The molecule has 0 radical (unpaired) electrons. The van der Waals surface area contributed by atoms with Crippen molar-refractivity contribution in [2.45, 2.75) is 31.9 Å². The van der Waals surface area contributed by atoms with Crippen LogP contribution in [0.1, 0.15) is 29.7 Å². The summed E-state index contributed by atoms with van der Waals surface area (Å²) >= 11 is 0. The molecule has 2 aromatic heterocycles. The van der Waals surface area contributed by atoms with Crippen molar-refractivity contribution in [2.75, 3.05) is 36.7 Å². The lowest BCUT2D eigenvalue weighted by Gasteiger charge is -2.30. The van der Waals surface area contributed by atoms with Crippen LogP contribution in [0.2, 0.25) is 0 Å². The number of H-pyrrole nitrogens is 1. The van der Waals surface area contributed by atoms with Crippen LogP contribution in [0.15, 0.2) is 24.5 Å². The molecule has 34 heavy (non-hydrogen) atoms. The summed E-state index contributed by atoms with van der Waals surface area (Å²) in [5, 5.41) is 15.2. The zero-order valence-electron chi connectivity index (χ0n) is 19.4. The smallest absolute Gasteiger partial charge is 0.147 e. The molecule has 0 aliphatic heterocycles. The molecular formula is C23H31N7O3S. The zero-order chi connectivity index (χ0) is 24.3. The summed E-state index contributed by atoms with van der Waals surface area (Å²) in [6.07, 6.45) is 6.96. The van der Waals surface area contributed by atoms with E-state index in [2.05, 4.69) is 25.6 Å². The van der Waals surface area contributed by atoms with Gasteiger partial charge in [-0.25, -0.2) is 18.4 Å². The van der Waals surface area contributed by atoms with Crippen LogP contribution in [-0.4, -0.2) is 61.5 Å². The monoisotopic (exact) mass is 485 g/mol. The third-order valence-electron chi connectivity index (χ3n) is 6.24. The predicted molar refractivity (Wildman–Crippen MR) is 135 cm³/mol. The van der Waals surface area contributed by atoms with Gasteiger partial charge in [0, 0.05) is 48.1 Å². The van der Waals surface area contributed by atoms with Crippen LogP contribution in [0.3, 0.4) is 0 Å². The summed E-state index contributed by atoms with van der Waals surface area (Å²) < 4.78 is 28.5. The van der Waals surface area contributed by atoms with Crippen molar-refractivity contribution in [3.05, 3.63) is 41.3 Å². The summed E-state index contributed by atoms with van der Waals surface area (Å²) in [6, 6.07) is 5.45. The third-order valence-corrected chi connectivity index (χ3v) is 7.27. The maximum Gasteiger partial charge on any atom is 0.147 e. The summed E-state index contributed by atoms with van der Waals surface area (Å²) in [7, 11) is -1.30. The minimum atomic E-state index is -2.97. The minimum absolute atomic E-state index is 0.158. The van der Waals surface area contributed by atoms with E-state index in [9.17, 15) is 8.42 Å². The molecule has 3 aromatic rings. The molecule has 11 heteroatoms. The first-order valence-corrected chi connectivity index (χ1v) is 13.3. The van der Waals surface area contributed by atoms with E-state index < -0.39 is 9.84 Å². The van der Waals surface area contributed by atoms with Crippen molar-refractivity contribution >= 4 is 44.3 Å². The number of nitrogens with zero attached hydrogens (tertiary/aromatic N) is 2. The van der Waals surface area contributed by atoms with E-state index in [0.29, 0.717) is 30.0 Å². The Morgan fingerprint density at radius 1 is 1.38 bits per heavy atom. The number of rotatable bonds is 10. The van der Waals surface area contributed by atoms with Gasteiger partial charge >= 0.3 is 0 Å². The Balaban J connectivity index is 1.55. The van der Waals surface area contributed by atoms with Crippen LogP contribution in [0.4, 0.5) is 17.2 Å². The number of nitrogen functional groups attached to an aromatic ring is 1. The molecular weight excluding hydrogens is 454 g/mol. The van der Waals surface area contributed by atoms with Gasteiger partial charge < -0.3 is 26.2 Å². The highest BCUT2D eigenvalue weighted by Gasteiger charge is 2.30. The van der Waals surface area contributed by atoms with Crippen LogP contribution in [0.25, 0.3) is 11.0 Å². The predicted octanol–water partition coefficient (Wildman–Crippen LogP) is 2.38. The highest BCUT2D eigenvalue weighted by Crippen LogP contribution is 2.36. The lowest BCUT2D eigenvalue weighted by molar-refractivity contribution is 0.0203. The number of ether oxygens (including phenoxy) is 1. The summed E-state index contributed by atoms with van der Waals surface area (Å²) in [6.45, 7) is 0.575. The van der Waals surface area contributed by atoms with E-state index >= 15 is 0 Å². The van der Waals surface area contributed by atoms with Gasteiger partial charge in [-0.2, -0.15) is 0 Å². The molecule has 0 saturated carbocycles. The Morgan fingerprint density at radius 3 is 2.94 bits per heavy atom. The molecule has 0 bridgehead atoms. The molecule has 4 rings (SSSR count). The highest BCUT2D eigenvalue weighted by atomic mass is 32.2. The van der Waals surface area contributed by atoms with Crippen LogP contribution >= 0.6 is 0 Å². The Bertz CT molecular complexity index is 1290. The maximum absolute atomic E-state index is 11.4. The largest absolute Gasteiger partial charge is 0.398 e. The number of aryl methyl sites for hydroxylation is 1. The molecule has 6 N–H and O–H groups in total. The van der Waals surface area contributed by atoms with Crippen LogP contribution in [-0.2, 0) is 27.4 Å². The van der Waals surface area contributed by atoms with Gasteiger partial charge in [0.1, 0.15) is 33.9 Å².